The minimum Gasteiger partial charge on any atom is -0.396 e. The highest BCUT2D eigenvalue weighted by Crippen LogP contribution is 2.47. The summed E-state index contributed by atoms with van der Waals surface area (Å²) in [6, 6.07) is 9.05. The largest absolute Gasteiger partial charge is 0.396 e. The van der Waals surface area contributed by atoms with E-state index >= 15 is 0 Å². The number of hydrogen-bond donors (Lipinski definition) is 1. The molecule has 2 aromatic rings. The molecule has 0 radical (unpaired) electrons. The Labute approximate surface area is 156 Å². The van der Waals surface area contributed by atoms with Crippen LogP contribution in [-0.2, 0) is 4.79 Å². The average molecular weight is 370 g/mol. The van der Waals surface area contributed by atoms with E-state index in [-0.39, 0.29) is 17.1 Å². The predicted octanol–water partition coefficient (Wildman–Crippen LogP) is 3.17. The lowest BCUT2D eigenvalue weighted by Gasteiger charge is -2.53. The molecule has 1 amide bonds. The first-order valence-electron chi connectivity index (χ1n) is 8.58. The van der Waals surface area contributed by atoms with Gasteiger partial charge < -0.3 is 10.6 Å². The Morgan fingerprint density at radius 2 is 1.92 bits per heavy atom. The summed E-state index contributed by atoms with van der Waals surface area (Å²) in [7, 11) is 0. The van der Waals surface area contributed by atoms with Gasteiger partial charge in [-0.3, -0.25) is 9.59 Å². The standard InChI is InChI=1S/C20H20ClN3O2/c1-19(2)9-20(8-14(22)17(19)25)10-24(11-20)18(26)15-6-4-12-3-5-13(21)7-16(12)23-15/h3-8H,9-11,22H2,1-2H3. The van der Waals surface area contributed by atoms with Crippen molar-refractivity contribution in [3.8, 4) is 0 Å². The van der Waals surface area contributed by atoms with Gasteiger partial charge in [-0.25, -0.2) is 4.98 Å². The molecular formula is C20H20ClN3O2. The first kappa shape index (κ1) is 17.0. The fraction of sp³-hybridized carbons (Fsp3) is 0.350. The third-order valence-electron chi connectivity index (χ3n) is 5.30. The molecule has 0 saturated carbocycles. The van der Waals surface area contributed by atoms with Gasteiger partial charge in [-0.15, -0.1) is 0 Å². The molecule has 0 atom stereocenters. The van der Waals surface area contributed by atoms with Crippen LogP contribution in [0.5, 0.6) is 0 Å². The molecule has 0 bridgehead atoms. The number of hydrogen-bond acceptors (Lipinski definition) is 4. The zero-order valence-electron chi connectivity index (χ0n) is 14.8. The molecule has 26 heavy (non-hydrogen) atoms. The normalized spacial score (nSPS) is 20.8. The van der Waals surface area contributed by atoms with E-state index in [1.54, 1.807) is 23.1 Å². The summed E-state index contributed by atoms with van der Waals surface area (Å²) in [6.07, 6.45) is 2.54. The number of rotatable bonds is 1. The summed E-state index contributed by atoms with van der Waals surface area (Å²) in [5, 5.41) is 1.53. The minimum atomic E-state index is -0.494. The lowest BCUT2D eigenvalue weighted by molar-refractivity contribution is -0.127. The van der Waals surface area contributed by atoms with E-state index in [1.807, 2.05) is 32.1 Å². The Kier molecular flexibility index (Phi) is 3.63. The van der Waals surface area contributed by atoms with E-state index in [1.165, 1.54) is 0 Å². The predicted molar refractivity (Wildman–Crippen MR) is 101 cm³/mol. The summed E-state index contributed by atoms with van der Waals surface area (Å²) < 4.78 is 0. The molecule has 5 nitrogen and oxygen atoms in total. The molecule has 4 rings (SSSR count). The van der Waals surface area contributed by atoms with Gasteiger partial charge in [0.25, 0.3) is 5.91 Å². The maximum atomic E-state index is 12.8. The Hall–Kier alpha value is -2.40. The zero-order valence-corrected chi connectivity index (χ0v) is 15.5. The van der Waals surface area contributed by atoms with Crippen LogP contribution in [0.3, 0.4) is 0 Å². The molecule has 1 saturated heterocycles. The SMILES string of the molecule is CC1(C)CC2(C=C(N)C1=O)CN(C(=O)c1ccc3ccc(Cl)cc3n1)C2. The summed E-state index contributed by atoms with van der Waals surface area (Å²) in [4.78, 5) is 31.2. The number of aromatic nitrogens is 1. The van der Waals surface area contributed by atoms with Crippen molar-refractivity contribution in [2.24, 2.45) is 16.6 Å². The summed E-state index contributed by atoms with van der Waals surface area (Å²) in [5.74, 6) is -0.125. The highest BCUT2D eigenvalue weighted by atomic mass is 35.5. The molecule has 1 aromatic heterocycles. The number of amides is 1. The molecule has 6 heteroatoms. The number of nitrogens with zero attached hydrogens (tertiary/aromatic N) is 2. The molecule has 2 aliphatic rings. The van der Waals surface area contributed by atoms with Crippen molar-refractivity contribution in [2.75, 3.05) is 13.1 Å². The Balaban J connectivity index is 1.56. The van der Waals surface area contributed by atoms with Crippen LogP contribution < -0.4 is 5.73 Å². The average Bonchev–Trinajstić information content (AvgIpc) is 2.55. The van der Waals surface area contributed by atoms with Gasteiger partial charge in [0.15, 0.2) is 5.78 Å². The number of halogens is 1. The smallest absolute Gasteiger partial charge is 0.272 e. The highest BCUT2D eigenvalue weighted by molar-refractivity contribution is 6.31. The number of carbonyl (C=O) groups is 2. The minimum absolute atomic E-state index is 0.0130. The van der Waals surface area contributed by atoms with Gasteiger partial charge >= 0.3 is 0 Å². The summed E-state index contributed by atoms with van der Waals surface area (Å²) in [6.45, 7) is 4.93. The molecule has 0 unspecified atom stereocenters. The van der Waals surface area contributed by atoms with Crippen LogP contribution in [0.2, 0.25) is 5.02 Å². The topological polar surface area (TPSA) is 76.3 Å². The van der Waals surface area contributed by atoms with Crippen molar-refractivity contribution in [1.29, 1.82) is 0 Å². The molecule has 1 aliphatic heterocycles. The molecule has 1 aromatic carbocycles. The molecule has 134 valence electrons. The van der Waals surface area contributed by atoms with Crippen molar-refractivity contribution in [1.82, 2.24) is 9.88 Å². The number of Topliss-reactive ketones (excluding diaryl/α,β-unsaturated/α-hetero) is 1. The van der Waals surface area contributed by atoms with Crippen LogP contribution in [0.25, 0.3) is 10.9 Å². The second-order valence-corrected chi connectivity index (χ2v) is 8.48. The third-order valence-corrected chi connectivity index (χ3v) is 5.54. The van der Waals surface area contributed by atoms with Crippen LogP contribution in [0, 0.1) is 10.8 Å². The van der Waals surface area contributed by atoms with Gasteiger partial charge in [-0.1, -0.05) is 37.6 Å². The van der Waals surface area contributed by atoms with Crippen molar-refractivity contribution in [2.45, 2.75) is 20.3 Å². The van der Waals surface area contributed by atoms with Crippen molar-refractivity contribution >= 4 is 34.2 Å². The van der Waals surface area contributed by atoms with E-state index in [4.69, 9.17) is 17.3 Å². The number of nitrogens with two attached hydrogens (primary N) is 1. The van der Waals surface area contributed by atoms with E-state index < -0.39 is 5.41 Å². The van der Waals surface area contributed by atoms with E-state index in [0.717, 1.165) is 5.39 Å². The lowest BCUT2D eigenvalue weighted by atomic mass is 9.62. The quantitative estimate of drug-likeness (QED) is 0.837. The number of benzene rings is 1. The Morgan fingerprint density at radius 3 is 2.62 bits per heavy atom. The van der Waals surface area contributed by atoms with Crippen molar-refractivity contribution < 1.29 is 9.59 Å². The van der Waals surface area contributed by atoms with Crippen LogP contribution >= 0.6 is 11.6 Å². The molecule has 2 N–H and O–H groups in total. The van der Waals surface area contributed by atoms with Gasteiger partial charge in [0.1, 0.15) is 5.69 Å². The third kappa shape index (κ3) is 2.67. The summed E-state index contributed by atoms with van der Waals surface area (Å²) >= 11 is 6.02. The fourth-order valence-electron chi connectivity index (χ4n) is 4.23. The molecular weight excluding hydrogens is 350 g/mol. The van der Waals surface area contributed by atoms with E-state index in [9.17, 15) is 9.59 Å². The second kappa shape index (κ2) is 5.55. The number of pyridine rings is 1. The molecule has 1 aliphatic carbocycles. The monoisotopic (exact) mass is 369 g/mol. The first-order valence-corrected chi connectivity index (χ1v) is 8.96. The second-order valence-electron chi connectivity index (χ2n) is 8.05. The number of allylic oxidation sites excluding steroid dienone is 1. The van der Waals surface area contributed by atoms with E-state index in [0.29, 0.717) is 41.4 Å². The molecule has 1 spiro atoms. The van der Waals surface area contributed by atoms with Crippen molar-refractivity contribution in [3.05, 3.63) is 52.8 Å². The Bertz CT molecular complexity index is 974. The Morgan fingerprint density at radius 1 is 1.23 bits per heavy atom. The zero-order chi connectivity index (χ0) is 18.7. The first-order chi connectivity index (χ1) is 12.2. The number of fused-ring (bicyclic) bond motifs is 1. The molecule has 2 heterocycles. The highest BCUT2D eigenvalue weighted by Gasteiger charge is 2.51. The lowest BCUT2D eigenvalue weighted by Crippen LogP contribution is -2.61. The van der Waals surface area contributed by atoms with Crippen LogP contribution in [0.15, 0.2) is 42.1 Å². The summed E-state index contributed by atoms with van der Waals surface area (Å²) in [5.41, 5.74) is 6.64. The maximum Gasteiger partial charge on any atom is 0.272 e. The fourth-order valence-corrected chi connectivity index (χ4v) is 4.40. The van der Waals surface area contributed by atoms with Gasteiger partial charge in [-0.2, -0.15) is 0 Å². The molecule has 1 fully saturated rings. The van der Waals surface area contributed by atoms with Gasteiger partial charge in [0.2, 0.25) is 0 Å². The van der Waals surface area contributed by atoms with Crippen LogP contribution in [0.4, 0.5) is 0 Å². The van der Waals surface area contributed by atoms with Crippen molar-refractivity contribution in [3.63, 3.8) is 0 Å². The van der Waals surface area contributed by atoms with Crippen LogP contribution in [0.1, 0.15) is 30.8 Å². The number of likely N-dealkylation sites (tertiary alicyclic amines) is 1. The van der Waals surface area contributed by atoms with E-state index in [2.05, 4.69) is 4.98 Å². The number of carbonyl (C=O) groups excluding carboxylic acids is 2. The number of ketones is 1. The van der Waals surface area contributed by atoms with Gasteiger partial charge in [0, 0.05) is 34.3 Å². The van der Waals surface area contributed by atoms with Gasteiger partial charge in [-0.05, 0) is 30.7 Å². The maximum absolute atomic E-state index is 12.8. The van der Waals surface area contributed by atoms with Gasteiger partial charge in [0.05, 0.1) is 11.2 Å². The van der Waals surface area contributed by atoms with Crippen LogP contribution in [-0.4, -0.2) is 34.7 Å².